The Bertz CT molecular complexity index is 233. The van der Waals surface area contributed by atoms with Crippen LogP contribution in [0.15, 0.2) is 15.9 Å². The van der Waals surface area contributed by atoms with E-state index in [9.17, 15) is 0 Å². The van der Waals surface area contributed by atoms with Gasteiger partial charge in [0, 0.05) is 23.4 Å². The van der Waals surface area contributed by atoms with E-state index in [1.54, 1.807) is 11.3 Å². The van der Waals surface area contributed by atoms with Crippen LogP contribution in [0.5, 0.6) is 0 Å². The minimum Gasteiger partial charge on any atom is -0.314 e. The normalized spacial score (nSPS) is 11.1. The number of aromatic nitrogens is 1. The van der Waals surface area contributed by atoms with Crippen molar-refractivity contribution in [2.24, 2.45) is 0 Å². The van der Waals surface area contributed by atoms with Crippen LogP contribution in [0.2, 0.25) is 0 Å². The van der Waals surface area contributed by atoms with Crippen molar-refractivity contribution in [2.45, 2.75) is 43.5 Å². The van der Waals surface area contributed by atoms with Crippen LogP contribution in [0.25, 0.3) is 0 Å². The lowest BCUT2D eigenvalue weighted by Gasteiger charge is -2.13. The van der Waals surface area contributed by atoms with Gasteiger partial charge in [0.2, 0.25) is 0 Å². The van der Waals surface area contributed by atoms with Gasteiger partial charge in [-0.3, -0.25) is 0 Å². The molecule has 0 aliphatic heterocycles. The molecule has 1 aromatic rings. The highest BCUT2D eigenvalue weighted by molar-refractivity contribution is 8.00. The van der Waals surface area contributed by atoms with Gasteiger partial charge in [-0.1, -0.05) is 25.6 Å². The first-order valence-corrected chi connectivity index (χ1v) is 7.49. The van der Waals surface area contributed by atoms with Crippen LogP contribution in [0, 0.1) is 0 Å². The summed E-state index contributed by atoms with van der Waals surface area (Å²) in [5.41, 5.74) is 0. The fourth-order valence-electron chi connectivity index (χ4n) is 1.40. The molecule has 1 heterocycles. The Balaban J connectivity index is 1.97. The van der Waals surface area contributed by atoms with E-state index in [1.165, 1.54) is 29.4 Å². The molecule has 0 fully saturated rings. The Kier molecular flexibility index (Phi) is 7.05. The van der Waals surface area contributed by atoms with Gasteiger partial charge < -0.3 is 5.32 Å². The number of nitrogens with one attached hydrogen (secondary N) is 1. The fourth-order valence-corrected chi connectivity index (χ4v) is 3.04. The zero-order valence-corrected chi connectivity index (χ0v) is 11.2. The number of nitrogens with zero attached hydrogens (tertiary/aromatic N) is 1. The molecule has 0 unspecified atom stereocenters. The molecule has 0 saturated carbocycles. The van der Waals surface area contributed by atoms with Gasteiger partial charge in [0.1, 0.15) is 4.34 Å². The molecule has 0 spiro atoms. The molecule has 0 bridgehead atoms. The lowest BCUT2D eigenvalue weighted by atomic mass is 10.2. The first kappa shape index (κ1) is 13.0. The summed E-state index contributed by atoms with van der Waals surface area (Å²) in [6.45, 7) is 5.61. The lowest BCUT2D eigenvalue weighted by molar-refractivity contribution is 0.486. The summed E-state index contributed by atoms with van der Waals surface area (Å²) in [7, 11) is 0. The predicted molar refractivity (Wildman–Crippen MR) is 69.8 cm³/mol. The first-order valence-electron chi connectivity index (χ1n) is 5.62. The number of thioether (sulfide) groups is 1. The maximum Gasteiger partial charge on any atom is 0.149 e. The first-order chi connectivity index (χ1) is 7.36. The smallest absolute Gasteiger partial charge is 0.149 e. The van der Waals surface area contributed by atoms with E-state index >= 15 is 0 Å². The molecule has 0 amide bonds. The second-order valence-electron chi connectivity index (χ2n) is 3.47. The Morgan fingerprint density at radius 2 is 2.27 bits per heavy atom. The van der Waals surface area contributed by atoms with Crippen LogP contribution in [0.3, 0.4) is 0 Å². The molecule has 1 rings (SSSR count). The Morgan fingerprint density at radius 3 is 2.87 bits per heavy atom. The summed E-state index contributed by atoms with van der Waals surface area (Å²) in [5, 5.41) is 5.60. The molecule has 0 aliphatic carbocycles. The molecule has 0 aliphatic rings. The Hall–Kier alpha value is -0.0600. The van der Waals surface area contributed by atoms with Crippen LogP contribution in [0.1, 0.15) is 33.1 Å². The zero-order valence-electron chi connectivity index (χ0n) is 9.53. The van der Waals surface area contributed by atoms with Crippen molar-refractivity contribution in [1.29, 1.82) is 0 Å². The highest BCUT2D eigenvalue weighted by atomic mass is 32.2. The van der Waals surface area contributed by atoms with E-state index in [2.05, 4.69) is 24.1 Å². The monoisotopic (exact) mass is 244 g/mol. The van der Waals surface area contributed by atoms with Gasteiger partial charge in [0.25, 0.3) is 0 Å². The average molecular weight is 244 g/mol. The molecule has 0 aromatic carbocycles. The van der Waals surface area contributed by atoms with Crippen molar-refractivity contribution in [3.8, 4) is 0 Å². The van der Waals surface area contributed by atoms with Gasteiger partial charge >= 0.3 is 0 Å². The molecule has 86 valence electrons. The average Bonchev–Trinajstić information content (AvgIpc) is 2.76. The Morgan fingerprint density at radius 1 is 1.47 bits per heavy atom. The van der Waals surface area contributed by atoms with Crippen molar-refractivity contribution in [2.75, 3.05) is 12.3 Å². The van der Waals surface area contributed by atoms with Gasteiger partial charge in [0.05, 0.1) is 0 Å². The highest BCUT2D eigenvalue weighted by Gasteiger charge is 2.01. The predicted octanol–water partition coefficient (Wildman–Crippen LogP) is 3.40. The van der Waals surface area contributed by atoms with Gasteiger partial charge in [-0.2, -0.15) is 0 Å². The van der Waals surface area contributed by atoms with Crippen molar-refractivity contribution in [3.05, 3.63) is 11.6 Å². The lowest BCUT2D eigenvalue weighted by Crippen LogP contribution is -2.28. The SMILES string of the molecule is CCC(CC)NCCCSc1nccs1. The summed E-state index contributed by atoms with van der Waals surface area (Å²) in [6, 6.07) is 0.704. The number of rotatable bonds is 8. The zero-order chi connectivity index (χ0) is 10.9. The van der Waals surface area contributed by atoms with Crippen LogP contribution in [-0.2, 0) is 0 Å². The molecule has 0 saturated heterocycles. The topological polar surface area (TPSA) is 24.9 Å². The fraction of sp³-hybridized carbons (Fsp3) is 0.727. The maximum atomic E-state index is 4.24. The highest BCUT2D eigenvalue weighted by Crippen LogP contribution is 2.20. The van der Waals surface area contributed by atoms with Crippen LogP contribution in [0.4, 0.5) is 0 Å². The number of hydrogen-bond donors (Lipinski definition) is 1. The molecule has 1 aromatic heterocycles. The molecule has 1 N–H and O–H groups in total. The maximum absolute atomic E-state index is 4.24. The van der Waals surface area contributed by atoms with Gasteiger partial charge in [-0.25, -0.2) is 4.98 Å². The van der Waals surface area contributed by atoms with Crippen LogP contribution in [-0.4, -0.2) is 23.3 Å². The van der Waals surface area contributed by atoms with Crippen molar-refractivity contribution < 1.29 is 0 Å². The van der Waals surface area contributed by atoms with E-state index in [4.69, 9.17) is 0 Å². The van der Waals surface area contributed by atoms with E-state index in [0.29, 0.717) is 6.04 Å². The van der Waals surface area contributed by atoms with E-state index in [-0.39, 0.29) is 0 Å². The van der Waals surface area contributed by atoms with Crippen LogP contribution >= 0.6 is 23.1 Å². The van der Waals surface area contributed by atoms with Gasteiger partial charge in [-0.15, -0.1) is 11.3 Å². The molecule has 0 radical (unpaired) electrons. The summed E-state index contributed by atoms with van der Waals surface area (Å²) in [5.74, 6) is 1.17. The molecule has 4 heteroatoms. The summed E-state index contributed by atoms with van der Waals surface area (Å²) in [4.78, 5) is 4.24. The molecule has 15 heavy (non-hydrogen) atoms. The molecule has 0 atom stereocenters. The summed E-state index contributed by atoms with van der Waals surface area (Å²) >= 11 is 3.59. The van der Waals surface area contributed by atoms with Gasteiger partial charge in [-0.05, 0) is 25.8 Å². The minimum atomic E-state index is 0.704. The standard InChI is InChI=1S/C11H20N2S2/c1-3-10(4-2)12-6-5-8-14-11-13-7-9-15-11/h7,9-10,12H,3-6,8H2,1-2H3. The third-order valence-corrected chi connectivity index (χ3v) is 4.43. The van der Waals surface area contributed by atoms with E-state index < -0.39 is 0 Å². The van der Waals surface area contributed by atoms with E-state index in [1.807, 2.05) is 23.3 Å². The van der Waals surface area contributed by atoms with Crippen molar-refractivity contribution in [3.63, 3.8) is 0 Å². The second-order valence-corrected chi connectivity index (χ2v) is 5.70. The molecular weight excluding hydrogens is 224 g/mol. The Labute approximate surface area is 101 Å². The molecular formula is C11H20N2S2. The quantitative estimate of drug-likeness (QED) is 0.560. The van der Waals surface area contributed by atoms with E-state index in [0.717, 1.165) is 6.54 Å². The number of thiazole rings is 1. The molecule has 2 nitrogen and oxygen atoms in total. The second kappa shape index (κ2) is 8.13. The van der Waals surface area contributed by atoms with Crippen LogP contribution < -0.4 is 5.32 Å². The van der Waals surface area contributed by atoms with Crippen molar-refractivity contribution in [1.82, 2.24) is 10.3 Å². The third-order valence-electron chi connectivity index (χ3n) is 2.37. The minimum absolute atomic E-state index is 0.704. The largest absolute Gasteiger partial charge is 0.314 e. The van der Waals surface area contributed by atoms with Crippen molar-refractivity contribution >= 4 is 23.1 Å². The summed E-state index contributed by atoms with van der Waals surface area (Å²) in [6.07, 6.45) is 5.56. The number of hydrogen-bond acceptors (Lipinski definition) is 4. The third kappa shape index (κ3) is 5.54. The summed E-state index contributed by atoms with van der Waals surface area (Å²) < 4.78 is 1.19. The van der Waals surface area contributed by atoms with Gasteiger partial charge in [0.15, 0.2) is 0 Å².